The van der Waals surface area contributed by atoms with Crippen LogP contribution in [-0.2, 0) is 9.53 Å². The predicted molar refractivity (Wildman–Crippen MR) is 113 cm³/mol. The minimum atomic E-state index is -1.49. The number of halogens is 1. The van der Waals surface area contributed by atoms with Gasteiger partial charge in [0.2, 0.25) is 0 Å². The average molecular weight is 470 g/mol. The lowest BCUT2D eigenvalue weighted by molar-refractivity contribution is -0.150. The second-order valence-electron chi connectivity index (χ2n) is 7.49. The molecule has 1 aromatic carbocycles. The molecule has 32 heavy (non-hydrogen) atoms. The topological polar surface area (TPSA) is 163 Å². The number of ether oxygens (including phenoxy) is 2. The molecule has 3 rings (SSSR count). The average Bonchev–Trinajstić information content (AvgIpc) is 3.33. The molecule has 2 aromatic heterocycles. The second kappa shape index (κ2) is 9.33. The van der Waals surface area contributed by atoms with E-state index in [9.17, 15) is 19.8 Å². The molecular weight excluding hydrogens is 446 g/mol. The van der Waals surface area contributed by atoms with E-state index in [4.69, 9.17) is 35.6 Å². The van der Waals surface area contributed by atoms with Crippen LogP contribution in [-0.4, -0.2) is 51.1 Å². The maximum Gasteiger partial charge on any atom is 0.420 e. The van der Waals surface area contributed by atoms with Crippen LogP contribution in [0.4, 0.5) is 0 Å². The Morgan fingerprint density at radius 3 is 2.59 bits per heavy atom. The van der Waals surface area contributed by atoms with Crippen LogP contribution in [0.25, 0.3) is 11.1 Å². The summed E-state index contributed by atoms with van der Waals surface area (Å²) in [4.78, 5) is 28.9. The van der Waals surface area contributed by atoms with Gasteiger partial charge in [0, 0.05) is 13.0 Å². The number of esters is 1. The minimum absolute atomic E-state index is 0.147. The van der Waals surface area contributed by atoms with Gasteiger partial charge >= 0.3 is 11.7 Å². The van der Waals surface area contributed by atoms with Crippen molar-refractivity contribution < 1.29 is 33.3 Å². The monoisotopic (exact) mass is 469 g/mol. The van der Waals surface area contributed by atoms with Crippen molar-refractivity contribution in [3.8, 4) is 5.75 Å². The highest BCUT2D eigenvalue weighted by molar-refractivity contribution is 6.32. The zero-order valence-corrected chi connectivity index (χ0v) is 18.5. The summed E-state index contributed by atoms with van der Waals surface area (Å²) in [6, 6.07) is 1.79. The molecular formula is C20H24ClN3O8. The highest BCUT2D eigenvalue weighted by atomic mass is 35.5. The summed E-state index contributed by atoms with van der Waals surface area (Å²) in [5.41, 5.74) is 4.60. The fourth-order valence-electron chi connectivity index (χ4n) is 2.89. The van der Waals surface area contributed by atoms with E-state index in [1.54, 1.807) is 20.0 Å². The van der Waals surface area contributed by atoms with Gasteiger partial charge in [-0.25, -0.2) is 14.6 Å². The van der Waals surface area contributed by atoms with Crippen molar-refractivity contribution in [3.05, 3.63) is 45.6 Å². The molecule has 12 heteroatoms. The molecule has 2 atom stereocenters. The zero-order valence-electron chi connectivity index (χ0n) is 17.7. The van der Waals surface area contributed by atoms with Crippen molar-refractivity contribution >= 4 is 28.7 Å². The van der Waals surface area contributed by atoms with Gasteiger partial charge in [-0.05, 0) is 19.9 Å². The first-order chi connectivity index (χ1) is 15.1. The molecule has 0 bridgehead atoms. The molecule has 0 amide bonds. The van der Waals surface area contributed by atoms with Crippen LogP contribution in [0.2, 0.25) is 5.02 Å². The highest BCUT2D eigenvalue weighted by Gasteiger charge is 2.29. The lowest BCUT2D eigenvalue weighted by Crippen LogP contribution is -2.52. The number of benzene rings is 1. The molecule has 2 unspecified atom stereocenters. The maximum atomic E-state index is 12.5. The largest absolute Gasteiger partial charge is 0.481 e. The van der Waals surface area contributed by atoms with Crippen molar-refractivity contribution in [2.24, 2.45) is 5.73 Å². The normalized spacial score (nSPS) is 13.8. The summed E-state index contributed by atoms with van der Waals surface area (Å²) in [5.74, 6) is -0.380. The van der Waals surface area contributed by atoms with Crippen LogP contribution in [0.15, 0.2) is 32.0 Å². The number of aliphatic hydroxyl groups is 2. The smallest absolute Gasteiger partial charge is 0.420 e. The van der Waals surface area contributed by atoms with Crippen LogP contribution in [0.3, 0.4) is 0 Å². The predicted octanol–water partition coefficient (Wildman–Crippen LogP) is 1.47. The number of fused-ring (bicyclic) bond motifs is 1. The third kappa shape index (κ3) is 4.80. The van der Waals surface area contributed by atoms with E-state index in [0.717, 1.165) is 4.57 Å². The number of aliphatic hydroxyl groups excluding tert-OH is 2. The van der Waals surface area contributed by atoms with Gasteiger partial charge in [0.05, 0.1) is 35.5 Å². The molecule has 0 aliphatic heterocycles. The zero-order chi connectivity index (χ0) is 23.6. The van der Waals surface area contributed by atoms with Gasteiger partial charge in [-0.2, -0.15) is 0 Å². The van der Waals surface area contributed by atoms with Crippen molar-refractivity contribution in [1.29, 1.82) is 0 Å². The van der Waals surface area contributed by atoms with E-state index in [2.05, 4.69) is 4.98 Å². The second-order valence-corrected chi connectivity index (χ2v) is 7.90. The van der Waals surface area contributed by atoms with Crippen LogP contribution >= 0.6 is 11.6 Å². The molecule has 4 N–H and O–H groups in total. The Hall–Kier alpha value is -2.86. The maximum absolute atomic E-state index is 12.5. The number of aryl methyl sites for hydroxylation is 1. The number of carbonyl (C=O) groups excluding carboxylic acids is 1. The van der Waals surface area contributed by atoms with Crippen molar-refractivity contribution in [2.45, 2.75) is 38.5 Å². The lowest BCUT2D eigenvalue weighted by atomic mass is 10.1. The standard InChI is InChI=1S/C20H24ClN3O8/c1-10(18(27)29-9-20(22,7-25)8-26)24-14-4-13(21)15(5-16(14)32-19(24)28)30-11(2)17-6-23-12(3)31-17/h4-6,10-11,25-26H,7-9,22H2,1-3H3. The summed E-state index contributed by atoms with van der Waals surface area (Å²) in [6.45, 7) is 3.26. The van der Waals surface area contributed by atoms with Gasteiger partial charge < -0.3 is 34.3 Å². The van der Waals surface area contributed by atoms with Crippen molar-refractivity contribution in [1.82, 2.24) is 9.55 Å². The molecule has 0 saturated carbocycles. The summed E-state index contributed by atoms with van der Waals surface area (Å²) in [6.07, 6.45) is 1.03. The summed E-state index contributed by atoms with van der Waals surface area (Å²) in [5, 5.41) is 18.6. The van der Waals surface area contributed by atoms with Crippen LogP contribution in [0, 0.1) is 6.92 Å². The number of hydrogen-bond acceptors (Lipinski definition) is 10. The third-order valence-electron chi connectivity index (χ3n) is 4.87. The Bertz CT molecular complexity index is 1160. The Kier molecular flexibility index (Phi) is 6.94. The fourth-order valence-corrected chi connectivity index (χ4v) is 3.09. The van der Waals surface area contributed by atoms with Gasteiger partial charge in [0.1, 0.15) is 18.4 Å². The molecule has 174 valence electrons. The summed E-state index contributed by atoms with van der Waals surface area (Å²) >= 11 is 6.35. The number of carbonyl (C=O) groups is 1. The minimum Gasteiger partial charge on any atom is -0.481 e. The van der Waals surface area contributed by atoms with E-state index in [0.29, 0.717) is 11.7 Å². The van der Waals surface area contributed by atoms with Crippen LogP contribution < -0.4 is 16.2 Å². The van der Waals surface area contributed by atoms with Crippen LogP contribution in [0.5, 0.6) is 5.75 Å². The van der Waals surface area contributed by atoms with Gasteiger partial charge in [-0.15, -0.1) is 0 Å². The van der Waals surface area contributed by atoms with Crippen LogP contribution in [0.1, 0.15) is 37.6 Å². The molecule has 2 heterocycles. The number of oxazole rings is 2. The first kappa shape index (κ1) is 23.8. The SMILES string of the molecule is Cc1ncc(C(C)Oc2cc3oc(=O)n(C(C)C(=O)OCC(N)(CO)CO)c3cc2Cl)o1. The molecule has 3 aromatic rings. The van der Waals surface area contributed by atoms with E-state index >= 15 is 0 Å². The number of hydrogen-bond donors (Lipinski definition) is 3. The van der Waals surface area contributed by atoms with E-state index in [1.807, 2.05) is 0 Å². The Labute approximate surface area is 187 Å². The molecule has 0 spiro atoms. The molecule has 0 aliphatic rings. The fraction of sp³-hybridized carbons (Fsp3) is 0.450. The number of nitrogens with two attached hydrogens (primary N) is 1. The first-order valence-corrected chi connectivity index (χ1v) is 10.1. The van der Waals surface area contributed by atoms with Gasteiger partial charge in [0.15, 0.2) is 23.3 Å². The van der Waals surface area contributed by atoms with Gasteiger partial charge in [-0.3, -0.25) is 4.57 Å². The van der Waals surface area contributed by atoms with Crippen molar-refractivity contribution in [3.63, 3.8) is 0 Å². The molecule has 11 nitrogen and oxygen atoms in total. The Morgan fingerprint density at radius 2 is 2.00 bits per heavy atom. The Balaban J connectivity index is 1.85. The highest BCUT2D eigenvalue weighted by Crippen LogP contribution is 2.34. The molecule has 0 fully saturated rings. The van der Waals surface area contributed by atoms with E-state index < -0.39 is 49.2 Å². The molecule has 0 saturated heterocycles. The quantitative estimate of drug-likeness (QED) is 0.391. The molecule has 0 aliphatic carbocycles. The number of rotatable bonds is 9. The van der Waals surface area contributed by atoms with Gasteiger partial charge in [0.25, 0.3) is 0 Å². The lowest BCUT2D eigenvalue weighted by Gasteiger charge is -2.24. The third-order valence-corrected chi connectivity index (χ3v) is 5.17. The van der Waals surface area contributed by atoms with E-state index in [1.165, 1.54) is 19.1 Å². The first-order valence-electron chi connectivity index (χ1n) is 9.69. The number of aromatic nitrogens is 2. The summed E-state index contributed by atoms with van der Waals surface area (Å²) in [7, 11) is 0. The van der Waals surface area contributed by atoms with Gasteiger partial charge in [-0.1, -0.05) is 11.6 Å². The Morgan fingerprint density at radius 1 is 1.31 bits per heavy atom. The summed E-state index contributed by atoms with van der Waals surface area (Å²) < 4.78 is 22.7. The molecule has 0 radical (unpaired) electrons. The number of nitrogens with zero attached hydrogens (tertiary/aromatic N) is 2. The van der Waals surface area contributed by atoms with Crippen molar-refractivity contribution in [2.75, 3.05) is 19.8 Å². The van der Waals surface area contributed by atoms with E-state index in [-0.39, 0.29) is 21.9 Å².